The number of benzene rings is 3. The van der Waals surface area contributed by atoms with Crippen LogP contribution in [0.15, 0.2) is 66.7 Å². The highest BCUT2D eigenvalue weighted by atomic mass is 19.1. The van der Waals surface area contributed by atoms with Gasteiger partial charge < -0.3 is 15.9 Å². The van der Waals surface area contributed by atoms with E-state index in [-0.39, 0.29) is 53.8 Å². The van der Waals surface area contributed by atoms with Gasteiger partial charge in [-0.3, -0.25) is 19.3 Å². The van der Waals surface area contributed by atoms with E-state index in [0.717, 1.165) is 0 Å². The van der Waals surface area contributed by atoms with Crippen LogP contribution in [0.25, 0.3) is 0 Å². The van der Waals surface area contributed by atoms with Crippen molar-refractivity contribution in [3.63, 3.8) is 0 Å². The third kappa shape index (κ3) is 5.13. The number of primary amides is 1. The number of piperidine rings is 1. The van der Waals surface area contributed by atoms with Gasteiger partial charge in [0.1, 0.15) is 17.3 Å². The molecule has 0 bridgehead atoms. The van der Waals surface area contributed by atoms with Crippen molar-refractivity contribution in [2.75, 3.05) is 19.6 Å². The molecule has 0 spiro atoms. The number of carbonyl (C=O) groups excluding carboxylic acids is 3. The second-order valence-electron chi connectivity index (χ2n) is 9.18. The summed E-state index contributed by atoms with van der Waals surface area (Å²) in [5.74, 6) is -4.34. The van der Waals surface area contributed by atoms with Crippen molar-refractivity contribution in [1.29, 1.82) is 0 Å². The molecule has 8 heteroatoms. The van der Waals surface area contributed by atoms with E-state index in [0.29, 0.717) is 11.1 Å². The van der Waals surface area contributed by atoms with Crippen molar-refractivity contribution in [1.82, 2.24) is 4.90 Å². The Morgan fingerprint density at radius 2 is 1.39 bits per heavy atom. The van der Waals surface area contributed by atoms with Crippen LogP contribution in [-0.4, -0.2) is 52.2 Å². The van der Waals surface area contributed by atoms with Crippen LogP contribution in [0.3, 0.4) is 0 Å². The largest absolute Gasteiger partial charge is 0.508 e. The van der Waals surface area contributed by atoms with E-state index < -0.39 is 29.5 Å². The normalized spacial score (nSPS) is 18.6. The van der Waals surface area contributed by atoms with Gasteiger partial charge in [0, 0.05) is 42.0 Å². The molecule has 4 N–H and O–H groups in total. The number of likely N-dealkylation sites (tertiary alicyclic amines) is 1. The van der Waals surface area contributed by atoms with Crippen LogP contribution in [0.1, 0.15) is 37.8 Å². The molecular formula is C28H27FN2O5. The Morgan fingerprint density at radius 1 is 0.889 bits per heavy atom. The number of halogens is 1. The van der Waals surface area contributed by atoms with Crippen LogP contribution >= 0.6 is 0 Å². The minimum absolute atomic E-state index is 0.0866. The fourth-order valence-corrected chi connectivity index (χ4v) is 5.15. The van der Waals surface area contributed by atoms with Crippen LogP contribution in [0.4, 0.5) is 4.39 Å². The first-order valence-electron chi connectivity index (χ1n) is 11.6. The first-order valence-corrected chi connectivity index (χ1v) is 11.6. The number of Topliss-reactive ketones (excluding diaryl/α,β-unsaturated/α-hetero) is 2. The predicted molar refractivity (Wildman–Crippen MR) is 131 cm³/mol. The summed E-state index contributed by atoms with van der Waals surface area (Å²) in [7, 11) is 0. The maximum atomic E-state index is 14.7. The number of phenols is 2. The van der Waals surface area contributed by atoms with Crippen molar-refractivity contribution in [2.45, 2.75) is 12.8 Å². The van der Waals surface area contributed by atoms with E-state index >= 15 is 0 Å². The molecule has 1 aliphatic rings. The van der Waals surface area contributed by atoms with Crippen molar-refractivity contribution in [3.05, 3.63) is 94.8 Å². The van der Waals surface area contributed by atoms with Crippen molar-refractivity contribution < 1.29 is 29.0 Å². The Balaban J connectivity index is 1.88. The number of amides is 1. The Hall–Kier alpha value is -4.04. The SMILES string of the molecule is Cc1c(F)cccc1C1[C@@H](C(=O)c2cccc(O)c2)CN(CC(N)=O)C[C@@H]1C(=O)c1cccc(O)c1. The van der Waals surface area contributed by atoms with Gasteiger partial charge in [0.2, 0.25) is 5.91 Å². The quantitative estimate of drug-likeness (QED) is 0.437. The van der Waals surface area contributed by atoms with Gasteiger partial charge >= 0.3 is 0 Å². The zero-order valence-electron chi connectivity index (χ0n) is 19.7. The molecule has 0 aliphatic carbocycles. The molecule has 1 aliphatic heterocycles. The number of carbonyl (C=O) groups is 3. The Kier molecular flexibility index (Phi) is 7.17. The maximum Gasteiger partial charge on any atom is 0.231 e. The summed E-state index contributed by atoms with van der Waals surface area (Å²) in [5.41, 5.74) is 6.78. The van der Waals surface area contributed by atoms with Crippen molar-refractivity contribution in [3.8, 4) is 11.5 Å². The summed E-state index contributed by atoms with van der Waals surface area (Å²) in [6.45, 7) is 1.67. The Bertz CT molecular complexity index is 1260. The molecule has 36 heavy (non-hydrogen) atoms. The van der Waals surface area contributed by atoms with Crippen LogP contribution in [0.5, 0.6) is 11.5 Å². The fourth-order valence-electron chi connectivity index (χ4n) is 5.15. The molecule has 0 unspecified atom stereocenters. The molecule has 3 aromatic carbocycles. The van der Waals surface area contributed by atoms with E-state index in [1.165, 1.54) is 30.3 Å². The molecule has 1 fully saturated rings. The molecule has 0 aromatic heterocycles. The number of nitrogens with two attached hydrogens (primary N) is 1. The molecule has 1 amide bonds. The summed E-state index contributed by atoms with van der Waals surface area (Å²) < 4.78 is 14.7. The summed E-state index contributed by atoms with van der Waals surface area (Å²) in [6, 6.07) is 16.4. The topological polar surface area (TPSA) is 121 Å². The first-order chi connectivity index (χ1) is 17.2. The zero-order chi connectivity index (χ0) is 26.0. The molecule has 1 saturated heterocycles. The number of hydrogen-bond acceptors (Lipinski definition) is 6. The first kappa shape index (κ1) is 25.1. The van der Waals surface area contributed by atoms with Gasteiger partial charge in [-0.25, -0.2) is 4.39 Å². The molecule has 0 saturated carbocycles. The van der Waals surface area contributed by atoms with E-state index in [2.05, 4.69) is 0 Å². The highest BCUT2D eigenvalue weighted by Gasteiger charge is 2.45. The molecular weight excluding hydrogens is 463 g/mol. The highest BCUT2D eigenvalue weighted by Crippen LogP contribution is 2.42. The second kappa shape index (κ2) is 10.3. The van der Waals surface area contributed by atoms with Gasteiger partial charge in [-0.05, 0) is 48.4 Å². The third-order valence-corrected chi connectivity index (χ3v) is 6.76. The summed E-state index contributed by atoms with van der Waals surface area (Å²) in [4.78, 5) is 41.1. The maximum absolute atomic E-state index is 14.7. The lowest BCUT2D eigenvalue weighted by molar-refractivity contribution is -0.119. The van der Waals surface area contributed by atoms with Crippen LogP contribution in [0, 0.1) is 24.6 Å². The average Bonchev–Trinajstić information content (AvgIpc) is 2.84. The monoisotopic (exact) mass is 490 g/mol. The third-order valence-electron chi connectivity index (χ3n) is 6.76. The van der Waals surface area contributed by atoms with E-state index in [9.17, 15) is 29.0 Å². The average molecular weight is 491 g/mol. The lowest BCUT2D eigenvalue weighted by Crippen LogP contribution is -2.52. The molecule has 4 rings (SSSR count). The molecule has 186 valence electrons. The Labute approximate surface area is 208 Å². The number of hydrogen-bond donors (Lipinski definition) is 3. The standard InChI is InChI=1S/C28H27FN2O5/c1-16-21(9-4-10-24(16)29)26-22(27(35)17-5-2-7-19(32)11-17)13-31(15-25(30)34)14-23(26)28(36)18-6-3-8-20(33)12-18/h2-12,22-23,26,32-33H,13-15H2,1H3,(H2,30,34)/t22-,23-/m0/s1. The number of aromatic hydroxyl groups is 2. The lowest BCUT2D eigenvalue weighted by Gasteiger charge is -2.43. The van der Waals surface area contributed by atoms with Gasteiger partial charge in [0.25, 0.3) is 0 Å². The lowest BCUT2D eigenvalue weighted by atomic mass is 9.67. The molecule has 1 heterocycles. The highest BCUT2D eigenvalue weighted by molar-refractivity contribution is 6.02. The second-order valence-corrected chi connectivity index (χ2v) is 9.18. The van der Waals surface area contributed by atoms with E-state index in [4.69, 9.17) is 5.73 Å². The number of nitrogens with zero attached hydrogens (tertiary/aromatic N) is 1. The molecule has 3 aromatic rings. The van der Waals surface area contributed by atoms with E-state index in [1.54, 1.807) is 48.2 Å². The number of ketones is 2. The predicted octanol–water partition coefficient (Wildman–Crippen LogP) is 3.43. The van der Waals surface area contributed by atoms with Crippen LogP contribution in [-0.2, 0) is 4.79 Å². The minimum Gasteiger partial charge on any atom is -0.508 e. The Morgan fingerprint density at radius 3 is 1.86 bits per heavy atom. The van der Waals surface area contributed by atoms with Gasteiger partial charge in [-0.1, -0.05) is 36.4 Å². The van der Waals surface area contributed by atoms with Crippen LogP contribution in [0.2, 0.25) is 0 Å². The van der Waals surface area contributed by atoms with Gasteiger partial charge in [0.15, 0.2) is 11.6 Å². The number of rotatable bonds is 7. The fraction of sp³-hybridized carbons (Fsp3) is 0.250. The minimum atomic E-state index is -0.841. The van der Waals surface area contributed by atoms with Crippen molar-refractivity contribution in [2.24, 2.45) is 17.6 Å². The molecule has 2 atom stereocenters. The van der Waals surface area contributed by atoms with Gasteiger partial charge in [-0.15, -0.1) is 0 Å². The molecule has 0 radical (unpaired) electrons. The van der Waals surface area contributed by atoms with Crippen molar-refractivity contribution >= 4 is 17.5 Å². The van der Waals surface area contributed by atoms with Gasteiger partial charge in [0.05, 0.1) is 6.54 Å². The molecule has 7 nitrogen and oxygen atoms in total. The van der Waals surface area contributed by atoms with Crippen LogP contribution < -0.4 is 5.73 Å². The summed E-state index contributed by atoms with van der Waals surface area (Å²) in [6.07, 6.45) is 0. The summed E-state index contributed by atoms with van der Waals surface area (Å²) in [5, 5.41) is 19.9. The number of phenolic OH excluding ortho intramolecular Hbond substituents is 2. The zero-order valence-corrected chi connectivity index (χ0v) is 19.7. The summed E-state index contributed by atoms with van der Waals surface area (Å²) >= 11 is 0. The van der Waals surface area contributed by atoms with E-state index in [1.807, 2.05) is 0 Å². The smallest absolute Gasteiger partial charge is 0.231 e. The van der Waals surface area contributed by atoms with Gasteiger partial charge in [-0.2, -0.15) is 0 Å².